The molecule has 2 N–H and O–H groups in total. The number of anilines is 2. The second-order valence-corrected chi connectivity index (χ2v) is 7.52. The van der Waals surface area contributed by atoms with Gasteiger partial charge in [0.2, 0.25) is 0 Å². The largest absolute Gasteiger partial charge is 0.493 e. The van der Waals surface area contributed by atoms with Crippen molar-refractivity contribution < 1.29 is 19.0 Å². The molecule has 0 aromatic heterocycles. The predicted octanol–water partition coefficient (Wildman–Crippen LogP) is 6.18. The van der Waals surface area contributed by atoms with E-state index in [2.05, 4.69) is 5.32 Å². The minimum absolute atomic E-state index is 0.0154. The summed E-state index contributed by atoms with van der Waals surface area (Å²) < 4.78 is 19.7. The molecule has 0 amide bonds. The van der Waals surface area contributed by atoms with E-state index in [1.807, 2.05) is 19.1 Å². The topological polar surface area (TPSA) is 58.6 Å². The number of hydrogen-bond acceptors (Lipinski definition) is 4. The average Bonchev–Trinajstić information content (AvgIpc) is 2.71. The Labute approximate surface area is 184 Å². The van der Waals surface area contributed by atoms with Crippen molar-refractivity contribution in [1.29, 1.82) is 0 Å². The maximum absolute atomic E-state index is 14.3. The number of aliphatic hydroxyl groups is 1. The van der Waals surface area contributed by atoms with Crippen molar-refractivity contribution in [2.45, 2.75) is 13.3 Å². The van der Waals surface area contributed by atoms with Crippen LogP contribution in [0.15, 0.2) is 54.6 Å². The van der Waals surface area contributed by atoms with Crippen LogP contribution in [0.2, 0.25) is 10.0 Å². The Hall–Kier alpha value is -2.60. The zero-order chi connectivity index (χ0) is 21.7. The summed E-state index contributed by atoms with van der Waals surface area (Å²) in [7, 11) is 0. The molecule has 0 atom stereocenters. The van der Waals surface area contributed by atoms with E-state index >= 15 is 0 Å². The molecule has 3 rings (SSSR count). The Balaban J connectivity index is 1.82. The number of aliphatic hydroxyl groups excluding tert-OH is 1. The zero-order valence-corrected chi connectivity index (χ0v) is 17.7. The summed E-state index contributed by atoms with van der Waals surface area (Å²) >= 11 is 12.3. The molecule has 0 aliphatic carbocycles. The molecule has 0 radical (unpaired) electrons. The first-order valence-corrected chi connectivity index (χ1v) is 10.1. The van der Waals surface area contributed by atoms with Crippen molar-refractivity contribution in [2.24, 2.45) is 0 Å². The summed E-state index contributed by atoms with van der Waals surface area (Å²) in [5.74, 6) is -0.857. The molecule has 30 heavy (non-hydrogen) atoms. The lowest BCUT2D eigenvalue weighted by Gasteiger charge is -2.12. The van der Waals surface area contributed by atoms with Gasteiger partial charge in [-0.1, -0.05) is 23.2 Å². The molecule has 0 fully saturated rings. The number of nitrogens with one attached hydrogen (secondary N) is 1. The number of ether oxygens (including phenoxy) is 1. The van der Waals surface area contributed by atoms with Crippen molar-refractivity contribution in [3.63, 3.8) is 0 Å². The molecule has 156 valence electrons. The van der Waals surface area contributed by atoms with Crippen LogP contribution in [0.1, 0.15) is 27.9 Å². The maximum Gasteiger partial charge on any atom is 0.197 e. The summed E-state index contributed by atoms with van der Waals surface area (Å²) in [5, 5.41) is 12.9. The van der Waals surface area contributed by atoms with Crippen LogP contribution in [-0.2, 0) is 0 Å². The van der Waals surface area contributed by atoms with Crippen molar-refractivity contribution in [3.8, 4) is 5.75 Å². The van der Waals surface area contributed by atoms with Crippen LogP contribution in [0, 0.1) is 12.7 Å². The first kappa shape index (κ1) is 22.1. The monoisotopic (exact) mass is 447 g/mol. The van der Waals surface area contributed by atoms with Gasteiger partial charge in [-0.15, -0.1) is 0 Å². The third-order valence-electron chi connectivity index (χ3n) is 4.43. The van der Waals surface area contributed by atoms with E-state index in [0.717, 1.165) is 11.3 Å². The first-order chi connectivity index (χ1) is 14.4. The Morgan fingerprint density at radius 2 is 1.87 bits per heavy atom. The Kier molecular flexibility index (Phi) is 7.32. The van der Waals surface area contributed by atoms with Crippen molar-refractivity contribution in [3.05, 3.63) is 87.2 Å². The summed E-state index contributed by atoms with van der Waals surface area (Å²) in [6, 6.07) is 14.3. The van der Waals surface area contributed by atoms with Crippen LogP contribution in [0.25, 0.3) is 0 Å². The highest BCUT2D eigenvalue weighted by Crippen LogP contribution is 2.29. The van der Waals surface area contributed by atoms with E-state index in [9.17, 15) is 9.18 Å². The van der Waals surface area contributed by atoms with Crippen LogP contribution in [0.5, 0.6) is 5.75 Å². The van der Waals surface area contributed by atoms with Crippen LogP contribution < -0.4 is 10.1 Å². The van der Waals surface area contributed by atoms with Crippen LogP contribution in [0.4, 0.5) is 15.8 Å². The van der Waals surface area contributed by atoms with E-state index < -0.39 is 11.6 Å². The molecule has 3 aromatic rings. The standard InChI is InChI=1S/C23H20Cl2FNO3/c1-14-11-15(24)3-8-22(14)27-16-4-6-18(20(25)12-16)23(29)19-13-17(5-7-21(19)26)30-10-2-9-28/h3-8,11-13,27-28H,2,9-10H2,1H3. The fraction of sp³-hybridized carbons (Fsp3) is 0.174. The van der Waals surface area contributed by atoms with Gasteiger partial charge >= 0.3 is 0 Å². The second-order valence-electron chi connectivity index (χ2n) is 6.68. The van der Waals surface area contributed by atoms with Crippen molar-refractivity contribution in [1.82, 2.24) is 0 Å². The molecular formula is C23H20Cl2FNO3. The smallest absolute Gasteiger partial charge is 0.197 e. The maximum atomic E-state index is 14.3. The Morgan fingerprint density at radius 1 is 1.07 bits per heavy atom. The average molecular weight is 448 g/mol. The fourth-order valence-corrected chi connectivity index (χ4v) is 3.36. The van der Waals surface area contributed by atoms with Gasteiger partial charge < -0.3 is 15.2 Å². The molecule has 7 heteroatoms. The number of carbonyl (C=O) groups excluding carboxylic acids is 1. The highest BCUT2D eigenvalue weighted by atomic mass is 35.5. The van der Waals surface area contributed by atoms with Crippen molar-refractivity contribution >= 4 is 40.4 Å². The summed E-state index contributed by atoms with van der Waals surface area (Å²) in [4.78, 5) is 12.9. The van der Waals surface area contributed by atoms with Gasteiger partial charge in [-0.25, -0.2) is 4.39 Å². The third-order valence-corrected chi connectivity index (χ3v) is 4.98. The molecule has 0 heterocycles. The van der Waals surface area contributed by atoms with Gasteiger partial charge in [-0.05, 0) is 67.1 Å². The number of benzene rings is 3. The van der Waals surface area contributed by atoms with Crippen LogP contribution in [0.3, 0.4) is 0 Å². The quantitative estimate of drug-likeness (QED) is 0.319. The number of aryl methyl sites for hydroxylation is 1. The van der Waals surface area contributed by atoms with Gasteiger partial charge in [0.15, 0.2) is 5.78 Å². The van der Waals surface area contributed by atoms with E-state index in [4.69, 9.17) is 33.0 Å². The van der Waals surface area contributed by atoms with Gasteiger partial charge in [-0.2, -0.15) is 0 Å². The number of rotatable bonds is 8. The highest BCUT2D eigenvalue weighted by Gasteiger charge is 2.18. The fourth-order valence-electron chi connectivity index (χ4n) is 2.87. The minimum Gasteiger partial charge on any atom is -0.493 e. The first-order valence-electron chi connectivity index (χ1n) is 9.29. The summed E-state index contributed by atoms with van der Waals surface area (Å²) in [6.07, 6.45) is 0.439. The van der Waals surface area contributed by atoms with Crippen molar-refractivity contribution in [2.75, 3.05) is 18.5 Å². The van der Waals surface area contributed by atoms with Gasteiger partial charge in [0.1, 0.15) is 11.6 Å². The summed E-state index contributed by atoms with van der Waals surface area (Å²) in [6.45, 7) is 2.17. The highest BCUT2D eigenvalue weighted by molar-refractivity contribution is 6.35. The third kappa shape index (κ3) is 5.30. The van der Waals surface area contributed by atoms with E-state index in [0.29, 0.717) is 22.9 Å². The molecule has 0 bridgehead atoms. The molecule has 0 aliphatic rings. The summed E-state index contributed by atoms with van der Waals surface area (Å²) in [5.41, 5.74) is 2.55. The molecule has 0 spiro atoms. The SMILES string of the molecule is Cc1cc(Cl)ccc1Nc1ccc(C(=O)c2cc(OCCCO)ccc2F)c(Cl)c1. The van der Waals surface area contributed by atoms with Gasteiger partial charge in [0.25, 0.3) is 0 Å². The zero-order valence-electron chi connectivity index (χ0n) is 16.2. The van der Waals surface area contributed by atoms with E-state index in [-0.39, 0.29) is 29.4 Å². The van der Waals surface area contributed by atoms with Gasteiger partial charge in [0, 0.05) is 35.0 Å². The lowest BCUT2D eigenvalue weighted by atomic mass is 10.0. The Morgan fingerprint density at radius 3 is 2.57 bits per heavy atom. The van der Waals surface area contributed by atoms with Crippen LogP contribution >= 0.6 is 23.2 Å². The number of carbonyl (C=O) groups is 1. The minimum atomic E-state index is -0.662. The number of ketones is 1. The number of hydrogen-bond donors (Lipinski definition) is 2. The second kappa shape index (κ2) is 9.94. The number of halogens is 3. The molecular weight excluding hydrogens is 428 g/mol. The van der Waals surface area contributed by atoms with E-state index in [1.165, 1.54) is 18.2 Å². The Bertz CT molecular complexity index is 1070. The lowest BCUT2D eigenvalue weighted by molar-refractivity contribution is 0.103. The van der Waals surface area contributed by atoms with Crippen LogP contribution in [-0.4, -0.2) is 24.1 Å². The predicted molar refractivity (Wildman–Crippen MR) is 118 cm³/mol. The molecule has 0 saturated heterocycles. The van der Waals surface area contributed by atoms with Gasteiger partial charge in [-0.3, -0.25) is 4.79 Å². The molecule has 0 aliphatic heterocycles. The lowest BCUT2D eigenvalue weighted by Crippen LogP contribution is -2.07. The van der Waals surface area contributed by atoms with E-state index in [1.54, 1.807) is 24.3 Å². The molecule has 3 aromatic carbocycles. The molecule has 0 saturated carbocycles. The molecule has 0 unspecified atom stereocenters. The van der Waals surface area contributed by atoms with Gasteiger partial charge in [0.05, 0.1) is 17.2 Å². The molecule has 4 nitrogen and oxygen atoms in total. The normalized spacial score (nSPS) is 10.7.